The fraction of sp³-hybridized carbons (Fsp3) is 0.148. The molecular formula is C27H21NO. The topological polar surface area (TPSA) is 22.1 Å². The lowest BCUT2D eigenvalue weighted by molar-refractivity contribution is 0.478. The minimum absolute atomic E-state index is 0.346. The van der Waals surface area contributed by atoms with Crippen LogP contribution in [-0.4, -0.2) is 4.98 Å². The molecule has 0 saturated heterocycles. The van der Waals surface area contributed by atoms with Crippen molar-refractivity contribution < 1.29 is 4.74 Å². The van der Waals surface area contributed by atoms with Gasteiger partial charge in [-0.05, 0) is 58.0 Å². The van der Waals surface area contributed by atoms with E-state index in [0.29, 0.717) is 5.92 Å². The number of nitrogens with zero attached hydrogens (tertiary/aromatic N) is 1. The third-order valence-electron chi connectivity index (χ3n) is 6.07. The Morgan fingerprint density at radius 2 is 1.69 bits per heavy atom. The van der Waals surface area contributed by atoms with E-state index in [0.717, 1.165) is 28.1 Å². The van der Waals surface area contributed by atoms with Crippen molar-refractivity contribution in [3.8, 4) is 22.8 Å². The molecule has 0 bridgehead atoms. The molecule has 0 unspecified atom stereocenters. The second-order valence-electron chi connectivity index (χ2n) is 8.33. The van der Waals surface area contributed by atoms with Crippen LogP contribution in [0.5, 0.6) is 11.5 Å². The predicted molar refractivity (Wildman–Crippen MR) is 121 cm³/mol. The average molecular weight is 375 g/mol. The molecule has 2 heterocycles. The Morgan fingerprint density at radius 3 is 2.55 bits per heavy atom. The zero-order chi connectivity index (χ0) is 19.7. The van der Waals surface area contributed by atoms with Gasteiger partial charge in [-0.1, -0.05) is 61.9 Å². The number of rotatable bonds is 1. The van der Waals surface area contributed by atoms with E-state index in [1.54, 1.807) is 0 Å². The Morgan fingerprint density at radius 1 is 0.828 bits per heavy atom. The number of hydrogen-bond acceptors (Lipinski definition) is 2. The fourth-order valence-corrected chi connectivity index (χ4v) is 4.81. The van der Waals surface area contributed by atoms with E-state index in [2.05, 4.69) is 81.4 Å². The molecular weight excluding hydrogens is 354 g/mol. The monoisotopic (exact) mass is 375 g/mol. The molecule has 0 N–H and O–H groups in total. The zero-order valence-corrected chi connectivity index (χ0v) is 16.8. The molecule has 5 aromatic rings. The smallest absolute Gasteiger partial charge is 0.140 e. The van der Waals surface area contributed by atoms with Gasteiger partial charge in [0.15, 0.2) is 0 Å². The van der Waals surface area contributed by atoms with E-state index in [-0.39, 0.29) is 0 Å². The largest absolute Gasteiger partial charge is 0.456 e. The third kappa shape index (κ3) is 2.26. The second-order valence-corrected chi connectivity index (χ2v) is 8.33. The quantitative estimate of drug-likeness (QED) is 0.274. The molecule has 0 amide bonds. The number of aromatic nitrogens is 1. The van der Waals surface area contributed by atoms with Crippen LogP contribution >= 0.6 is 0 Å². The molecule has 0 atom stereocenters. The molecule has 0 radical (unpaired) electrons. The van der Waals surface area contributed by atoms with Crippen LogP contribution in [0, 0.1) is 6.92 Å². The van der Waals surface area contributed by atoms with Crippen molar-refractivity contribution >= 4 is 32.3 Å². The molecule has 4 aromatic carbocycles. The van der Waals surface area contributed by atoms with E-state index in [1.165, 1.54) is 38.1 Å². The van der Waals surface area contributed by atoms with Crippen LogP contribution in [0.25, 0.3) is 43.6 Å². The normalized spacial score (nSPS) is 12.6. The average Bonchev–Trinajstić information content (AvgIpc) is 2.72. The van der Waals surface area contributed by atoms with Gasteiger partial charge in [-0.2, -0.15) is 0 Å². The van der Waals surface area contributed by atoms with Gasteiger partial charge >= 0.3 is 0 Å². The first-order chi connectivity index (χ1) is 14.1. The van der Waals surface area contributed by atoms with Gasteiger partial charge in [0, 0.05) is 17.3 Å². The fourth-order valence-electron chi connectivity index (χ4n) is 4.81. The maximum absolute atomic E-state index is 6.66. The van der Waals surface area contributed by atoms with Crippen molar-refractivity contribution in [2.75, 3.05) is 0 Å². The summed E-state index contributed by atoms with van der Waals surface area (Å²) < 4.78 is 6.66. The summed E-state index contributed by atoms with van der Waals surface area (Å²) in [5.41, 5.74) is 4.63. The molecule has 2 heteroatoms. The lowest BCUT2D eigenvalue weighted by Crippen LogP contribution is -2.04. The number of ether oxygens (including phenoxy) is 1. The molecule has 0 fully saturated rings. The Balaban J connectivity index is 1.80. The molecule has 0 spiro atoms. The Labute approximate surface area is 169 Å². The van der Waals surface area contributed by atoms with E-state index < -0.39 is 0 Å². The number of pyridine rings is 1. The van der Waals surface area contributed by atoms with Gasteiger partial charge in [-0.25, -0.2) is 0 Å². The Bertz CT molecular complexity index is 1460. The third-order valence-corrected chi connectivity index (χ3v) is 6.07. The molecule has 29 heavy (non-hydrogen) atoms. The summed E-state index contributed by atoms with van der Waals surface area (Å²) >= 11 is 0. The van der Waals surface area contributed by atoms with Crippen LogP contribution in [0.1, 0.15) is 30.9 Å². The summed E-state index contributed by atoms with van der Waals surface area (Å²) in [6, 6.07) is 21.7. The number of aryl methyl sites for hydroxylation is 1. The van der Waals surface area contributed by atoms with Crippen LogP contribution in [0.3, 0.4) is 0 Å². The van der Waals surface area contributed by atoms with Crippen molar-refractivity contribution in [1.29, 1.82) is 0 Å². The molecule has 6 rings (SSSR count). The number of hydrogen-bond donors (Lipinski definition) is 0. The SMILES string of the molecule is Cc1ccc2c(c1)cc1c3c(nccc32)-c2cc3ccccc3c(C(C)C)c2O1. The number of fused-ring (bicyclic) bond motifs is 5. The lowest BCUT2D eigenvalue weighted by atomic mass is 9.88. The summed E-state index contributed by atoms with van der Waals surface area (Å²) in [5, 5.41) is 7.26. The van der Waals surface area contributed by atoms with E-state index in [1.807, 2.05) is 6.20 Å². The minimum atomic E-state index is 0.346. The first-order valence-electron chi connectivity index (χ1n) is 10.2. The summed E-state index contributed by atoms with van der Waals surface area (Å²) in [6.45, 7) is 6.60. The summed E-state index contributed by atoms with van der Waals surface area (Å²) in [6.07, 6.45) is 1.93. The summed E-state index contributed by atoms with van der Waals surface area (Å²) in [5.74, 6) is 2.21. The van der Waals surface area contributed by atoms with Crippen molar-refractivity contribution in [3.05, 3.63) is 78.0 Å². The maximum atomic E-state index is 6.66. The highest BCUT2D eigenvalue weighted by atomic mass is 16.5. The molecule has 1 aromatic heterocycles. The standard InChI is InChI=1S/C27H21NO/c1-15(2)24-20-7-5-4-6-17(20)13-22-26-25-21(10-11-28-26)19-9-8-16(3)12-18(19)14-23(25)29-27(22)24/h4-15H,1-3H3. The van der Waals surface area contributed by atoms with Crippen LogP contribution < -0.4 is 4.74 Å². The number of benzene rings is 4. The van der Waals surface area contributed by atoms with E-state index in [9.17, 15) is 0 Å². The van der Waals surface area contributed by atoms with E-state index >= 15 is 0 Å². The van der Waals surface area contributed by atoms with E-state index in [4.69, 9.17) is 9.72 Å². The van der Waals surface area contributed by atoms with Gasteiger partial charge in [0.1, 0.15) is 11.5 Å². The van der Waals surface area contributed by atoms with Crippen molar-refractivity contribution in [2.24, 2.45) is 0 Å². The molecule has 1 aliphatic rings. The summed E-state index contributed by atoms with van der Waals surface area (Å²) in [4.78, 5) is 4.83. The van der Waals surface area contributed by atoms with Crippen molar-refractivity contribution in [1.82, 2.24) is 4.98 Å². The lowest BCUT2D eigenvalue weighted by Gasteiger charge is -2.26. The minimum Gasteiger partial charge on any atom is -0.456 e. The van der Waals surface area contributed by atoms with Gasteiger partial charge in [0.05, 0.1) is 11.1 Å². The van der Waals surface area contributed by atoms with Crippen LogP contribution in [0.2, 0.25) is 0 Å². The van der Waals surface area contributed by atoms with Crippen LogP contribution in [-0.2, 0) is 0 Å². The Kier molecular flexibility index (Phi) is 3.31. The predicted octanol–water partition coefficient (Wildman–Crippen LogP) is 7.75. The van der Waals surface area contributed by atoms with Crippen LogP contribution in [0.15, 0.2) is 66.9 Å². The highest BCUT2D eigenvalue weighted by Gasteiger charge is 2.27. The van der Waals surface area contributed by atoms with Gasteiger partial charge < -0.3 is 4.74 Å². The Hall–Kier alpha value is -3.39. The van der Waals surface area contributed by atoms with Gasteiger partial charge in [-0.15, -0.1) is 0 Å². The first kappa shape index (κ1) is 16.6. The molecule has 1 aliphatic heterocycles. The van der Waals surface area contributed by atoms with Gasteiger partial charge in [0.25, 0.3) is 0 Å². The van der Waals surface area contributed by atoms with Gasteiger partial charge in [0.2, 0.25) is 0 Å². The molecule has 140 valence electrons. The zero-order valence-electron chi connectivity index (χ0n) is 16.8. The molecule has 0 saturated carbocycles. The van der Waals surface area contributed by atoms with Gasteiger partial charge in [-0.3, -0.25) is 4.98 Å². The summed E-state index contributed by atoms with van der Waals surface area (Å²) in [7, 11) is 0. The van der Waals surface area contributed by atoms with Crippen molar-refractivity contribution in [3.63, 3.8) is 0 Å². The highest BCUT2D eigenvalue weighted by Crippen LogP contribution is 2.51. The highest BCUT2D eigenvalue weighted by molar-refractivity contribution is 6.16. The molecule has 0 aliphatic carbocycles. The first-order valence-corrected chi connectivity index (χ1v) is 10.2. The second kappa shape index (κ2) is 5.81. The van der Waals surface area contributed by atoms with Crippen LogP contribution in [0.4, 0.5) is 0 Å². The van der Waals surface area contributed by atoms with Crippen molar-refractivity contribution in [2.45, 2.75) is 26.7 Å². The molecule has 2 nitrogen and oxygen atoms in total. The maximum Gasteiger partial charge on any atom is 0.140 e.